The van der Waals surface area contributed by atoms with Crippen LogP contribution >= 0.6 is 11.6 Å². The number of nitrogens with zero attached hydrogens (tertiary/aromatic N) is 3. The SMILES string of the molecule is C=CN1C=C(c2c(F)ccc(N)c2Cl)N=C/C1=C(/CCC)c1ncc[nH]1. The number of halogens is 2. The molecule has 2 heterocycles. The van der Waals surface area contributed by atoms with Gasteiger partial charge in [-0.1, -0.05) is 31.5 Å². The first-order chi connectivity index (χ1) is 12.6. The van der Waals surface area contributed by atoms with Crippen molar-refractivity contribution in [3.8, 4) is 0 Å². The van der Waals surface area contributed by atoms with Gasteiger partial charge in [-0.3, -0.25) is 4.99 Å². The van der Waals surface area contributed by atoms with Gasteiger partial charge in [0, 0.05) is 30.4 Å². The number of hydrogen-bond acceptors (Lipinski definition) is 4. The molecule has 134 valence electrons. The lowest BCUT2D eigenvalue weighted by Crippen LogP contribution is -2.17. The Morgan fingerprint density at radius 1 is 1.46 bits per heavy atom. The first kappa shape index (κ1) is 17.9. The van der Waals surface area contributed by atoms with Crippen molar-refractivity contribution in [1.82, 2.24) is 14.9 Å². The molecule has 0 saturated carbocycles. The summed E-state index contributed by atoms with van der Waals surface area (Å²) in [7, 11) is 0. The highest BCUT2D eigenvalue weighted by atomic mass is 35.5. The zero-order valence-electron chi connectivity index (χ0n) is 14.3. The fraction of sp³-hybridized carbons (Fsp3) is 0.158. The summed E-state index contributed by atoms with van der Waals surface area (Å²) in [6.45, 7) is 5.94. The maximum absolute atomic E-state index is 14.3. The average Bonchev–Trinajstić information content (AvgIpc) is 3.17. The molecule has 0 radical (unpaired) electrons. The van der Waals surface area contributed by atoms with Crippen LogP contribution in [0, 0.1) is 5.82 Å². The van der Waals surface area contributed by atoms with Gasteiger partial charge in [-0.05, 0) is 18.6 Å². The van der Waals surface area contributed by atoms with E-state index >= 15 is 0 Å². The second-order valence-corrected chi connectivity index (χ2v) is 6.12. The Bertz CT molecular complexity index is 912. The largest absolute Gasteiger partial charge is 0.398 e. The Kier molecular flexibility index (Phi) is 5.23. The van der Waals surface area contributed by atoms with Crippen LogP contribution in [0.5, 0.6) is 0 Å². The molecule has 1 aliphatic heterocycles. The van der Waals surface area contributed by atoms with Gasteiger partial charge < -0.3 is 15.6 Å². The van der Waals surface area contributed by atoms with Crippen LogP contribution in [-0.2, 0) is 0 Å². The molecule has 7 heteroatoms. The molecule has 1 aromatic carbocycles. The predicted molar refractivity (Wildman–Crippen MR) is 105 cm³/mol. The van der Waals surface area contributed by atoms with Crippen molar-refractivity contribution in [3.63, 3.8) is 0 Å². The number of rotatable bonds is 5. The van der Waals surface area contributed by atoms with E-state index in [-0.39, 0.29) is 10.6 Å². The van der Waals surface area contributed by atoms with E-state index in [2.05, 4.69) is 28.5 Å². The highest BCUT2D eigenvalue weighted by Gasteiger charge is 2.21. The molecule has 0 unspecified atom stereocenters. The van der Waals surface area contributed by atoms with E-state index in [1.165, 1.54) is 12.1 Å². The summed E-state index contributed by atoms with van der Waals surface area (Å²) in [5, 5.41) is 0.143. The van der Waals surface area contributed by atoms with Crippen molar-refractivity contribution in [3.05, 3.63) is 71.4 Å². The van der Waals surface area contributed by atoms with Crippen LogP contribution in [0.3, 0.4) is 0 Å². The van der Waals surface area contributed by atoms with E-state index in [0.29, 0.717) is 11.4 Å². The summed E-state index contributed by atoms with van der Waals surface area (Å²) in [5.74, 6) is 0.286. The van der Waals surface area contributed by atoms with Gasteiger partial charge in [0.1, 0.15) is 11.6 Å². The number of benzene rings is 1. The molecule has 0 atom stereocenters. The molecule has 3 N–H and O–H groups in total. The summed E-state index contributed by atoms with van der Waals surface area (Å²) in [6, 6.07) is 2.71. The number of nitrogens with two attached hydrogens (primary N) is 1. The molecule has 0 spiro atoms. The first-order valence-electron chi connectivity index (χ1n) is 8.20. The number of hydrogen-bond donors (Lipinski definition) is 2. The molecule has 2 aromatic rings. The second kappa shape index (κ2) is 7.58. The number of aliphatic imine (C=N–C) groups is 1. The van der Waals surface area contributed by atoms with Crippen LogP contribution in [-0.4, -0.2) is 21.1 Å². The lowest BCUT2D eigenvalue weighted by Gasteiger charge is -2.24. The van der Waals surface area contributed by atoms with Gasteiger partial charge in [0.2, 0.25) is 0 Å². The van der Waals surface area contributed by atoms with Crippen molar-refractivity contribution in [2.45, 2.75) is 19.8 Å². The van der Waals surface area contributed by atoms with Crippen LogP contribution in [0.1, 0.15) is 31.2 Å². The Morgan fingerprint density at radius 2 is 2.27 bits per heavy atom. The van der Waals surface area contributed by atoms with Crippen LogP contribution in [0.15, 0.2) is 54.2 Å². The van der Waals surface area contributed by atoms with Crippen molar-refractivity contribution in [2.24, 2.45) is 4.99 Å². The number of aromatic nitrogens is 2. The van der Waals surface area contributed by atoms with Crippen LogP contribution in [0.2, 0.25) is 5.02 Å². The smallest absolute Gasteiger partial charge is 0.135 e. The molecule has 0 amide bonds. The van der Waals surface area contributed by atoms with Crippen LogP contribution in [0.4, 0.5) is 10.1 Å². The molecule has 1 aromatic heterocycles. The third-order valence-corrected chi connectivity index (χ3v) is 4.44. The minimum absolute atomic E-state index is 0.143. The van der Waals surface area contributed by atoms with Gasteiger partial charge in [0.05, 0.1) is 33.9 Å². The lowest BCUT2D eigenvalue weighted by molar-refractivity contribution is 0.620. The number of nitrogen functional groups attached to an aromatic ring is 1. The number of allylic oxidation sites excluding steroid dienone is 2. The van der Waals surface area contributed by atoms with Gasteiger partial charge in [-0.25, -0.2) is 9.37 Å². The van der Waals surface area contributed by atoms with Gasteiger partial charge in [-0.15, -0.1) is 0 Å². The number of H-pyrrole nitrogens is 1. The monoisotopic (exact) mass is 371 g/mol. The van der Waals surface area contributed by atoms with E-state index in [4.69, 9.17) is 17.3 Å². The summed E-state index contributed by atoms with van der Waals surface area (Å²) >= 11 is 6.20. The lowest BCUT2D eigenvalue weighted by atomic mass is 10.1. The molecule has 5 nitrogen and oxygen atoms in total. The Balaban J connectivity index is 2.10. The molecule has 3 rings (SSSR count). The van der Waals surface area contributed by atoms with Crippen LogP contribution < -0.4 is 5.73 Å². The minimum atomic E-state index is -0.483. The molecule has 1 aliphatic rings. The fourth-order valence-corrected chi connectivity index (χ4v) is 3.05. The molecule has 0 saturated heterocycles. The van der Waals surface area contributed by atoms with Gasteiger partial charge in [-0.2, -0.15) is 0 Å². The standard InChI is InChI=1S/C19H19ClFN5/c1-3-5-12(19-23-8-9-24-19)16-10-25-15(11-26(16)4-2)17-13(21)6-7-14(22)18(17)20/h4,6-11H,2-3,5,22H2,1H3,(H,23,24)/b16-12+. The maximum atomic E-state index is 14.3. The number of anilines is 1. The highest BCUT2D eigenvalue weighted by Crippen LogP contribution is 2.35. The minimum Gasteiger partial charge on any atom is -0.398 e. The normalized spacial score (nSPS) is 15.8. The van der Waals surface area contributed by atoms with Crippen molar-refractivity contribution >= 4 is 34.8 Å². The molecule has 0 bridgehead atoms. The van der Waals surface area contributed by atoms with E-state index in [0.717, 1.165) is 29.9 Å². The second-order valence-electron chi connectivity index (χ2n) is 5.74. The topological polar surface area (TPSA) is 70.3 Å². The predicted octanol–water partition coefficient (Wildman–Crippen LogP) is 4.82. The molecular formula is C19H19ClFN5. The van der Waals surface area contributed by atoms with E-state index in [9.17, 15) is 4.39 Å². The average molecular weight is 372 g/mol. The quantitative estimate of drug-likeness (QED) is 0.740. The van der Waals surface area contributed by atoms with Crippen molar-refractivity contribution < 1.29 is 4.39 Å². The zero-order valence-corrected chi connectivity index (χ0v) is 15.1. The van der Waals surface area contributed by atoms with Gasteiger partial charge in [0.25, 0.3) is 0 Å². The van der Waals surface area contributed by atoms with E-state index < -0.39 is 5.82 Å². The summed E-state index contributed by atoms with van der Waals surface area (Å²) in [4.78, 5) is 13.7. The number of imidazole rings is 1. The van der Waals surface area contributed by atoms with Gasteiger partial charge in [0.15, 0.2) is 0 Å². The third kappa shape index (κ3) is 3.28. The van der Waals surface area contributed by atoms with E-state index in [1.54, 1.807) is 35.9 Å². The Labute approximate surface area is 156 Å². The summed E-state index contributed by atoms with van der Waals surface area (Å²) in [5.41, 5.74) is 8.47. The fourth-order valence-electron chi connectivity index (χ4n) is 2.80. The highest BCUT2D eigenvalue weighted by molar-refractivity contribution is 6.34. The Morgan fingerprint density at radius 3 is 2.92 bits per heavy atom. The number of nitrogens with one attached hydrogen (secondary N) is 1. The molecule has 26 heavy (non-hydrogen) atoms. The third-order valence-electron chi connectivity index (χ3n) is 4.03. The maximum Gasteiger partial charge on any atom is 0.135 e. The molecular weight excluding hydrogens is 353 g/mol. The van der Waals surface area contributed by atoms with Crippen molar-refractivity contribution in [2.75, 3.05) is 5.73 Å². The summed E-state index contributed by atoms with van der Waals surface area (Å²) in [6.07, 6.45) is 10.2. The van der Waals surface area contributed by atoms with Crippen LogP contribution in [0.25, 0.3) is 11.3 Å². The van der Waals surface area contributed by atoms with Crippen molar-refractivity contribution in [1.29, 1.82) is 0 Å². The zero-order chi connectivity index (χ0) is 18.7. The van der Waals surface area contributed by atoms with E-state index in [1.807, 2.05) is 0 Å². The first-order valence-corrected chi connectivity index (χ1v) is 8.58. The van der Waals surface area contributed by atoms with Gasteiger partial charge >= 0.3 is 0 Å². The molecule has 0 aliphatic carbocycles. The summed E-state index contributed by atoms with van der Waals surface area (Å²) < 4.78 is 14.3. The number of aromatic amines is 1. The molecule has 0 fully saturated rings. The Hall–Kier alpha value is -2.86.